The van der Waals surface area contributed by atoms with Crippen LogP contribution in [0.5, 0.6) is 0 Å². The first-order chi connectivity index (χ1) is 14.7. The fourth-order valence-corrected chi connectivity index (χ4v) is 5.11. The maximum atomic E-state index is 12.3. The molecule has 1 aliphatic rings. The molecule has 2 heterocycles. The second kappa shape index (κ2) is 9.90. The molecule has 1 fully saturated rings. The Morgan fingerprint density at radius 1 is 1.07 bits per heavy atom. The maximum Gasteiger partial charge on any atom is 0.325 e. The Bertz CT molecular complexity index is 982. The smallest absolute Gasteiger partial charge is 0.308 e. The minimum atomic E-state index is -0.542. The first-order valence-electron chi connectivity index (χ1n) is 9.98. The zero-order valence-electron chi connectivity index (χ0n) is 16.4. The van der Waals surface area contributed by atoms with Crippen LogP contribution in [-0.4, -0.2) is 32.5 Å². The van der Waals surface area contributed by atoms with Gasteiger partial charge in [0, 0.05) is 11.7 Å². The Morgan fingerprint density at radius 3 is 2.60 bits per heavy atom. The lowest BCUT2D eigenvalue weighted by Crippen LogP contribution is -2.35. The standard InChI is InChI=1S/C21H23N5O2S2/c27-18(23-20(28)22-15-8-3-1-4-9-15)14-30-21-25-24-19(17-12-7-13-29-17)26(21)16-10-5-2-6-11-16/h1,3-4,7-9,12-13,16H,2,5-6,10-11,14H2,(H2,22,23,27,28). The number of rotatable bonds is 6. The fourth-order valence-electron chi connectivity index (χ4n) is 3.59. The largest absolute Gasteiger partial charge is 0.325 e. The summed E-state index contributed by atoms with van der Waals surface area (Å²) >= 11 is 2.95. The van der Waals surface area contributed by atoms with Gasteiger partial charge in [0.25, 0.3) is 0 Å². The van der Waals surface area contributed by atoms with Crippen LogP contribution in [0, 0.1) is 0 Å². The number of aromatic nitrogens is 3. The molecular weight excluding hydrogens is 418 g/mol. The summed E-state index contributed by atoms with van der Waals surface area (Å²) in [5.74, 6) is 0.586. The molecule has 0 spiro atoms. The Hall–Kier alpha value is -2.65. The molecule has 156 valence electrons. The number of para-hydroxylation sites is 1. The van der Waals surface area contributed by atoms with Crippen molar-refractivity contribution in [2.75, 3.05) is 11.1 Å². The van der Waals surface area contributed by atoms with E-state index in [0.717, 1.165) is 28.7 Å². The number of thioether (sulfide) groups is 1. The van der Waals surface area contributed by atoms with Gasteiger partial charge < -0.3 is 5.32 Å². The Balaban J connectivity index is 1.41. The number of thiophene rings is 1. The molecule has 7 nitrogen and oxygen atoms in total. The number of anilines is 1. The third-order valence-electron chi connectivity index (χ3n) is 4.96. The summed E-state index contributed by atoms with van der Waals surface area (Å²) in [6.45, 7) is 0. The molecule has 30 heavy (non-hydrogen) atoms. The second-order valence-electron chi connectivity index (χ2n) is 7.10. The van der Waals surface area contributed by atoms with Crippen LogP contribution < -0.4 is 10.6 Å². The van der Waals surface area contributed by atoms with Crippen LogP contribution in [-0.2, 0) is 4.79 Å². The number of carbonyl (C=O) groups is 2. The van der Waals surface area contributed by atoms with Crippen molar-refractivity contribution in [2.45, 2.75) is 43.3 Å². The van der Waals surface area contributed by atoms with Gasteiger partial charge in [-0.2, -0.15) is 0 Å². The van der Waals surface area contributed by atoms with Crippen LogP contribution in [0.1, 0.15) is 38.1 Å². The minimum Gasteiger partial charge on any atom is -0.308 e. The summed E-state index contributed by atoms with van der Waals surface area (Å²) in [6.07, 6.45) is 5.83. The number of imide groups is 1. The first-order valence-corrected chi connectivity index (χ1v) is 11.8. The van der Waals surface area contributed by atoms with E-state index in [1.807, 2.05) is 35.7 Å². The third-order valence-corrected chi connectivity index (χ3v) is 6.77. The monoisotopic (exact) mass is 441 g/mol. The van der Waals surface area contributed by atoms with Gasteiger partial charge in [-0.3, -0.25) is 14.7 Å². The summed E-state index contributed by atoms with van der Waals surface area (Å²) in [5, 5.41) is 16.6. The molecule has 2 N–H and O–H groups in total. The molecule has 3 amide bonds. The molecule has 1 aromatic carbocycles. The van der Waals surface area contributed by atoms with Crippen LogP contribution >= 0.6 is 23.1 Å². The van der Waals surface area contributed by atoms with Crippen molar-refractivity contribution >= 4 is 40.7 Å². The van der Waals surface area contributed by atoms with E-state index in [2.05, 4.69) is 25.4 Å². The minimum absolute atomic E-state index is 0.0947. The summed E-state index contributed by atoms with van der Waals surface area (Å²) in [5.41, 5.74) is 0.632. The topological polar surface area (TPSA) is 88.9 Å². The number of hydrogen-bond acceptors (Lipinski definition) is 6. The van der Waals surface area contributed by atoms with E-state index in [1.54, 1.807) is 23.5 Å². The van der Waals surface area contributed by atoms with Gasteiger partial charge in [0.2, 0.25) is 5.91 Å². The first kappa shape index (κ1) is 20.6. The fraction of sp³-hybridized carbons (Fsp3) is 0.333. The average Bonchev–Trinajstić information content (AvgIpc) is 3.43. The molecule has 4 rings (SSSR count). The number of amides is 3. The molecule has 2 aromatic heterocycles. The highest BCUT2D eigenvalue weighted by Gasteiger charge is 2.24. The molecule has 0 aliphatic heterocycles. The number of benzene rings is 1. The van der Waals surface area contributed by atoms with E-state index >= 15 is 0 Å². The molecule has 3 aromatic rings. The van der Waals surface area contributed by atoms with Crippen molar-refractivity contribution in [2.24, 2.45) is 0 Å². The molecule has 0 unspecified atom stereocenters. The summed E-state index contributed by atoms with van der Waals surface area (Å²) < 4.78 is 2.19. The van der Waals surface area contributed by atoms with Gasteiger partial charge in [-0.1, -0.05) is 55.3 Å². The van der Waals surface area contributed by atoms with Crippen LogP contribution in [0.3, 0.4) is 0 Å². The molecule has 0 saturated heterocycles. The highest BCUT2D eigenvalue weighted by molar-refractivity contribution is 7.99. The predicted octanol–water partition coefficient (Wildman–Crippen LogP) is 4.95. The van der Waals surface area contributed by atoms with Gasteiger partial charge in [-0.25, -0.2) is 4.79 Å². The zero-order chi connectivity index (χ0) is 20.8. The Kier molecular flexibility index (Phi) is 6.81. The third kappa shape index (κ3) is 5.09. The van der Waals surface area contributed by atoms with Gasteiger partial charge in [0.15, 0.2) is 11.0 Å². The number of nitrogens with zero attached hydrogens (tertiary/aromatic N) is 3. The average molecular weight is 442 g/mol. The van der Waals surface area contributed by atoms with E-state index in [9.17, 15) is 9.59 Å². The number of nitrogens with one attached hydrogen (secondary N) is 2. The summed E-state index contributed by atoms with van der Waals surface area (Å²) in [6, 6.07) is 12.9. The second-order valence-corrected chi connectivity index (χ2v) is 8.99. The van der Waals surface area contributed by atoms with Gasteiger partial charge >= 0.3 is 6.03 Å². The Morgan fingerprint density at radius 2 is 1.87 bits per heavy atom. The number of urea groups is 1. The molecule has 0 atom stereocenters. The van der Waals surface area contributed by atoms with Crippen LogP contribution in [0.4, 0.5) is 10.5 Å². The van der Waals surface area contributed by atoms with Crippen molar-refractivity contribution in [3.8, 4) is 10.7 Å². The normalized spacial score (nSPS) is 14.4. The molecule has 1 saturated carbocycles. The van der Waals surface area contributed by atoms with Gasteiger partial charge in [-0.15, -0.1) is 21.5 Å². The van der Waals surface area contributed by atoms with E-state index in [1.165, 1.54) is 31.0 Å². The van der Waals surface area contributed by atoms with Crippen molar-refractivity contribution < 1.29 is 9.59 Å². The van der Waals surface area contributed by atoms with Gasteiger partial charge in [0.1, 0.15) is 0 Å². The highest BCUT2D eigenvalue weighted by atomic mass is 32.2. The maximum absolute atomic E-state index is 12.3. The quantitative estimate of drug-likeness (QED) is 0.528. The lowest BCUT2D eigenvalue weighted by Gasteiger charge is -2.25. The molecular formula is C21H23N5O2S2. The number of carbonyl (C=O) groups excluding carboxylic acids is 2. The zero-order valence-corrected chi connectivity index (χ0v) is 18.0. The Labute approximate surface area is 183 Å². The van der Waals surface area contributed by atoms with E-state index < -0.39 is 6.03 Å². The van der Waals surface area contributed by atoms with Crippen LogP contribution in [0.15, 0.2) is 53.0 Å². The lowest BCUT2D eigenvalue weighted by atomic mass is 9.95. The van der Waals surface area contributed by atoms with Gasteiger partial charge in [0.05, 0.1) is 10.6 Å². The summed E-state index contributed by atoms with van der Waals surface area (Å²) in [7, 11) is 0. The molecule has 0 radical (unpaired) electrons. The van der Waals surface area contributed by atoms with E-state index in [4.69, 9.17) is 0 Å². The number of hydrogen-bond donors (Lipinski definition) is 2. The summed E-state index contributed by atoms with van der Waals surface area (Å²) in [4.78, 5) is 25.4. The molecule has 1 aliphatic carbocycles. The van der Waals surface area contributed by atoms with Crippen molar-refractivity contribution in [1.82, 2.24) is 20.1 Å². The van der Waals surface area contributed by atoms with Crippen molar-refractivity contribution in [1.29, 1.82) is 0 Å². The highest BCUT2D eigenvalue weighted by Crippen LogP contribution is 2.36. The SMILES string of the molecule is O=C(CSc1nnc(-c2cccs2)n1C1CCCCC1)NC(=O)Nc1ccccc1. The van der Waals surface area contributed by atoms with Crippen molar-refractivity contribution in [3.63, 3.8) is 0 Å². The van der Waals surface area contributed by atoms with E-state index in [-0.39, 0.29) is 11.7 Å². The van der Waals surface area contributed by atoms with E-state index in [0.29, 0.717) is 11.7 Å². The molecule has 0 bridgehead atoms. The predicted molar refractivity (Wildman–Crippen MR) is 120 cm³/mol. The van der Waals surface area contributed by atoms with Crippen LogP contribution in [0.25, 0.3) is 10.7 Å². The van der Waals surface area contributed by atoms with Crippen molar-refractivity contribution in [3.05, 3.63) is 47.8 Å². The van der Waals surface area contributed by atoms with Gasteiger partial charge in [-0.05, 0) is 36.4 Å². The lowest BCUT2D eigenvalue weighted by molar-refractivity contribution is -0.117. The molecule has 9 heteroatoms. The van der Waals surface area contributed by atoms with Crippen LogP contribution in [0.2, 0.25) is 0 Å².